The summed E-state index contributed by atoms with van der Waals surface area (Å²) in [6.07, 6.45) is 1.52. The van der Waals surface area contributed by atoms with Crippen LogP contribution in [-0.2, 0) is 6.61 Å². The molecule has 0 spiro atoms. The fraction of sp³-hybridized carbons (Fsp3) is 0.0870. The van der Waals surface area contributed by atoms with Crippen LogP contribution in [0.1, 0.15) is 11.1 Å². The summed E-state index contributed by atoms with van der Waals surface area (Å²) in [5.41, 5.74) is 4.22. The number of aryl methyl sites for hydroxylation is 1. The van der Waals surface area contributed by atoms with Crippen molar-refractivity contribution in [1.29, 1.82) is 0 Å². The van der Waals surface area contributed by atoms with E-state index in [-0.39, 0.29) is 5.43 Å². The van der Waals surface area contributed by atoms with Crippen LogP contribution in [0.25, 0.3) is 22.1 Å². The average Bonchev–Trinajstić information content (AvgIpc) is 2.68. The maximum Gasteiger partial charge on any atom is 0.200 e. The minimum absolute atomic E-state index is 0.0390. The molecule has 0 fully saturated rings. The Bertz CT molecular complexity index is 1110. The van der Waals surface area contributed by atoms with Gasteiger partial charge in [0.2, 0.25) is 0 Å². The van der Waals surface area contributed by atoms with E-state index >= 15 is 0 Å². The third-order valence-electron chi connectivity index (χ3n) is 4.49. The fourth-order valence-electron chi connectivity index (χ4n) is 2.95. The van der Waals surface area contributed by atoms with Crippen LogP contribution in [0.15, 0.2) is 88.3 Å². The van der Waals surface area contributed by atoms with Gasteiger partial charge in [-0.1, -0.05) is 54.6 Å². The Hall–Kier alpha value is -3.33. The molecule has 0 aliphatic rings. The molecule has 1 aromatic heterocycles. The maximum atomic E-state index is 12.8. The zero-order chi connectivity index (χ0) is 17.9. The summed E-state index contributed by atoms with van der Waals surface area (Å²) in [5.74, 6) is 0.677. The van der Waals surface area contributed by atoms with Crippen molar-refractivity contribution in [3.05, 3.63) is 100 Å². The first-order chi connectivity index (χ1) is 12.7. The normalized spacial score (nSPS) is 10.8. The van der Waals surface area contributed by atoms with Gasteiger partial charge in [0.15, 0.2) is 5.43 Å². The van der Waals surface area contributed by atoms with Gasteiger partial charge in [-0.05, 0) is 35.7 Å². The van der Waals surface area contributed by atoms with Crippen LogP contribution in [-0.4, -0.2) is 0 Å². The van der Waals surface area contributed by atoms with Gasteiger partial charge in [0.05, 0.1) is 10.9 Å². The molecule has 128 valence electrons. The summed E-state index contributed by atoms with van der Waals surface area (Å²) >= 11 is 0. The summed E-state index contributed by atoms with van der Waals surface area (Å²) in [6, 6.07) is 23.0. The van der Waals surface area contributed by atoms with Crippen molar-refractivity contribution in [1.82, 2.24) is 0 Å². The van der Waals surface area contributed by atoms with E-state index in [1.165, 1.54) is 11.8 Å². The van der Waals surface area contributed by atoms with Crippen molar-refractivity contribution < 1.29 is 9.15 Å². The highest BCUT2D eigenvalue weighted by molar-refractivity contribution is 5.82. The van der Waals surface area contributed by atoms with Crippen LogP contribution >= 0.6 is 0 Å². The smallest absolute Gasteiger partial charge is 0.200 e. The predicted octanol–water partition coefficient (Wildman–Crippen LogP) is 5.35. The monoisotopic (exact) mass is 342 g/mol. The predicted molar refractivity (Wildman–Crippen MR) is 103 cm³/mol. The molecule has 1 heterocycles. The fourth-order valence-corrected chi connectivity index (χ4v) is 2.95. The Balaban J connectivity index is 1.64. The second-order valence-electron chi connectivity index (χ2n) is 6.22. The van der Waals surface area contributed by atoms with Gasteiger partial charge < -0.3 is 9.15 Å². The number of rotatable bonds is 4. The molecule has 0 amide bonds. The quantitative estimate of drug-likeness (QED) is 0.502. The lowest BCUT2D eigenvalue weighted by Gasteiger charge is -2.09. The number of hydrogen-bond donors (Lipinski definition) is 0. The van der Waals surface area contributed by atoms with Crippen LogP contribution in [0, 0.1) is 6.92 Å². The Morgan fingerprint density at radius 2 is 1.69 bits per heavy atom. The molecular weight excluding hydrogens is 324 g/mol. The molecule has 3 aromatic carbocycles. The lowest BCUT2D eigenvalue weighted by Crippen LogP contribution is -2.05. The Kier molecular flexibility index (Phi) is 4.28. The molecule has 0 aliphatic carbocycles. The molecule has 0 bridgehead atoms. The van der Waals surface area contributed by atoms with Crippen molar-refractivity contribution in [2.45, 2.75) is 13.5 Å². The Labute approximate surface area is 151 Å². The van der Waals surface area contributed by atoms with Gasteiger partial charge in [-0.3, -0.25) is 4.79 Å². The van der Waals surface area contributed by atoms with Gasteiger partial charge >= 0.3 is 0 Å². The highest BCUT2D eigenvalue weighted by Gasteiger charge is 2.10. The van der Waals surface area contributed by atoms with Gasteiger partial charge in [-0.2, -0.15) is 0 Å². The highest BCUT2D eigenvalue weighted by atomic mass is 16.5. The van der Waals surface area contributed by atoms with Crippen LogP contribution < -0.4 is 10.2 Å². The van der Waals surface area contributed by atoms with Crippen molar-refractivity contribution in [2.24, 2.45) is 0 Å². The lowest BCUT2D eigenvalue weighted by molar-refractivity contribution is 0.305. The molecular formula is C23H18O3. The Morgan fingerprint density at radius 3 is 2.50 bits per heavy atom. The lowest BCUT2D eigenvalue weighted by atomic mass is 10.1. The molecule has 0 radical (unpaired) electrons. The molecule has 0 unspecified atom stereocenters. The minimum Gasteiger partial charge on any atom is -0.489 e. The van der Waals surface area contributed by atoms with Crippen LogP contribution in [0.5, 0.6) is 5.75 Å². The molecule has 0 saturated heterocycles. The second-order valence-corrected chi connectivity index (χ2v) is 6.22. The summed E-state index contributed by atoms with van der Waals surface area (Å²) in [4.78, 5) is 12.8. The van der Waals surface area contributed by atoms with E-state index in [1.54, 1.807) is 12.1 Å². The molecule has 0 N–H and O–H groups in total. The molecule has 26 heavy (non-hydrogen) atoms. The summed E-state index contributed by atoms with van der Waals surface area (Å²) in [7, 11) is 0. The van der Waals surface area contributed by atoms with Gasteiger partial charge in [0, 0.05) is 6.07 Å². The van der Waals surface area contributed by atoms with Gasteiger partial charge in [-0.25, -0.2) is 0 Å². The molecule has 0 aliphatic heterocycles. The van der Waals surface area contributed by atoms with E-state index in [0.717, 1.165) is 11.1 Å². The second kappa shape index (κ2) is 6.89. The standard InChI is InChI=1S/C23H18O3/c1-16-7-5-6-10-18(16)14-25-19-11-12-20-22(13-19)26-15-21(23(20)24)17-8-3-2-4-9-17/h2-13,15H,14H2,1H3. The third kappa shape index (κ3) is 3.11. The van der Waals surface area contributed by atoms with E-state index in [2.05, 4.69) is 13.0 Å². The third-order valence-corrected chi connectivity index (χ3v) is 4.49. The van der Waals surface area contributed by atoms with Crippen LogP contribution in [0.4, 0.5) is 0 Å². The molecule has 4 aromatic rings. The molecule has 0 atom stereocenters. The minimum atomic E-state index is -0.0390. The number of ether oxygens (including phenoxy) is 1. The topological polar surface area (TPSA) is 39.4 Å². The number of benzene rings is 3. The van der Waals surface area contributed by atoms with Crippen molar-refractivity contribution >= 4 is 11.0 Å². The van der Waals surface area contributed by atoms with E-state index in [1.807, 2.05) is 54.6 Å². The highest BCUT2D eigenvalue weighted by Crippen LogP contribution is 2.23. The van der Waals surface area contributed by atoms with Crippen LogP contribution in [0.2, 0.25) is 0 Å². The van der Waals surface area contributed by atoms with Gasteiger partial charge in [-0.15, -0.1) is 0 Å². The molecule has 3 heteroatoms. The van der Waals surface area contributed by atoms with Crippen LogP contribution in [0.3, 0.4) is 0 Å². The molecule has 4 rings (SSSR count). The van der Waals surface area contributed by atoms with Crippen molar-refractivity contribution in [3.8, 4) is 16.9 Å². The van der Waals surface area contributed by atoms with Gasteiger partial charge in [0.25, 0.3) is 0 Å². The molecule has 3 nitrogen and oxygen atoms in total. The Morgan fingerprint density at radius 1 is 0.923 bits per heavy atom. The van der Waals surface area contributed by atoms with E-state index in [0.29, 0.717) is 28.9 Å². The largest absolute Gasteiger partial charge is 0.489 e. The van der Waals surface area contributed by atoms with E-state index < -0.39 is 0 Å². The van der Waals surface area contributed by atoms with E-state index in [9.17, 15) is 4.79 Å². The number of hydrogen-bond acceptors (Lipinski definition) is 3. The average molecular weight is 342 g/mol. The first-order valence-corrected chi connectivity index (χ1v) is 8.51. The summed E-state index contributed by atoms with van der Waals surface area (Å²) < 4.78 is 11.6. The zero-order valence-electron chi connectivity index (χ0n) is 14.4. The van der Waals surface area contributed by atoms with Crippen molar-refractivity contribution in [2.75, 3.05) is 0 Å². The first-order valence-electron chi connectivity index (χ1n) is 8.51. The summed E-state index contributed by atoms with van der Waals surface area (Å²) in [5, 5.41) is 0.551. The number of fused-ring (bicyclic) bond motifs is 1. The molecule has 0 saturated carbocycles. The SMILES string of the molecule is Cc1ccccc1COc1ccc2c(=O)c(-c3ccccc3)coc2c1. The first kappa shape index (κ1) is 16.2. The van der Waals surface area contributed by atoms with Gasteiger partial charge in [0.1, 0.15) is 24.2 Å². The summed E-state index contributed by atoms with van der Waals surface area (Å²) in [6.45, 7) is 2.54. The van der Waals surface area contributed by atoms with Crippen molar-refractivity contribution in [3.63, 3.8) is 0 Å². The maximum absolute atomic E-state index is 12.8. The van der Waals surface area contributed by atoms with E-state index in [4.69, 9.17) is 9.15 Å². The zero-order valence-corrected chi connectivity index (χ0v) is 14.4.